The van der Waals surface area contributed by atoms with Gasteiger partial charge in [0.1, 0.15) is 6.04 Å². The van der Waals surface area contributed by atoms with Gasteiger partial charge >= 0.3 is 0 Å². The lowest BCUT2D eigenvalue weighted by Gasteiger charge is -2.38. The molecule has 1 saturated heterocycles. The van der Waals surface area contributed by atoms with Crippen molar-refractivity contribution in [3.63, 3.8) is 0 Å². The van der Waals surface area contributed by atoms with E-state index in [0.717, 1.165) is 27.8 Å². The minimum Gasteiger partial charge on any atom is -0.368 e. The van der Waals surface area contributed by atoms with Crippen LogP contribution in [0.25, 0.3) is 0 Å². The van der Waals surface area contributed by atoms with E-state index in [1.807, 2.05) is 69.0 Å². The first kappa shape index (κ1) is 21.5. The monoisotopic (exact) mass is 415 g/mol. The van der Waals surface area contributed by atoms with E-state index in [1.165, 1.54) is 4.31 Å². The van der Waals surface area contributed by atoms with Crippen LogP contribution in [0.4, 0.5) is 0 Å². The molecule has 1 aliphatic heterocycles. The van der Waals surface area contributed by atoms with Crippen LogP contribution in [-0.4, -0.2) is 49.7 Å². The Kier molecular flexibility index (Phi) is 6.12. The van der Waals surface area contributed by atoms with Gasteiger partial charge < -0.3 is 5.73 Å². The van der Waals surface area contributed by atoms with E-state index < -0.39 is 22.0 Å². The summed E-state index contributed by atoms with van der Waals surface area (Å²) in [6.45, 7) is 9.16. The molecular formula is C22H29N3O3S. The minimum absolute atomic E-state index is 0.324. The largest absolute Gasteiger partial charge is 0.368 e. The number of amides is 1. The molecule has 1 aliphatic rings. The number of primary amides is 1. The number of hydrogen-bond donors (Lipinski definition) is 1. The molecule has 1 atom stereocenters. The molecule has 156 valence electrons. The average molecular weight is 416 g/mol. The molecular weight excluding hydrogens is 386 g/mol. The fourth-order valence-corrected chi connectivity index (χ4v) is 6.09. The van der Waals surface area contributed by atoms with Crippen LogP contribution >= 0.6 is 0 Å². The summed E-state index contributed by atoms with van der Waals surface area (Å²) in [6.07, 6.45) is 0. The zero-order valence-electron chi connectivity index (χ0n) is 17.5. The van der Waals surface area contributed by atoms with Crippen LogP contribution in [0.5, 0.6) is 0 Å². The van der Waals surface area contributed by atoms with Crippen LogP contribution in [0.1, 0.15) is 33.9 Å². The number of piperazine rings is 1. The van der Waals surface area contributed by atoms with Crippen molar-refractivity contribution in [3.05, 3.63) is 64.2 Å². The molecule has 1 fully saturated rings. The van der Waals surface area contributed by atoms with Crippen molar-refractivity contribution < 1.29 is 13.2 Å². The van der Waals surface area contributed by atoms with Gasteiger partial charge in [0.2, 0.25) is 15.9 Å². The first-order chi connectivity index (χ1) is 13.6. The molecule has 6 nitrogen and oxygen atoms in total. The normalized spacial score (nSPS) is 17.2. The zero-order chi connectivity index (χ0) is 21.3. The lowest BCUT2D eigenvalue weighted by atomic mass is 10.0. The summed E-state index contributed by atoms with van der Waals surface area (Å²) in [5, 5.41) is 0. The summed E-state index contributed by atoms with van der Waals surface area (Å²) in [7, 11) is -3.61. The molecule has 2 aromatic carbocycles. The second-order valence-corrected chi connectivity index (χ2v) is 9.62. The Labute approximate surface area is 173 Å². The van der Waals surface area contributed by atoms with E-state index in [4.69, 9.17) is 5.73 Å². The molecule has 0 radical (unpaired) electrons. The number of carbonyl (C=O) groups is 1. The van der Waals surface area contributed by atoms with Gasteiger partial charge in [-0.1, -0.05) is 36.4 Å². The first-order valence-corrected chi connectivity index (χ1v) is 11.2. The molecule has 3 rings (SSSR count). The summed E-state index contributed by atoms with van der Waals surface area (Å²) in [5.41, 5.74) is 10.1. The molecule has 0 aromatic heterocycles. The number of nitrogens with two attached hydrogens (primary N) is 1. The van der Waals surface area contributed by atoms with Crippen LogP contribution in [0.3, 0.4) is 0 Å². The van der Waals surface area contributed by atoms with Gasteiger partial charge in [-0.25, -0.2) is 8.42 Å². The predicted octanol–water partition coefficient (Wildman–Crippen LogP) is 2.45. The Morgan fingerprint density at radius 1 is 0.931 bits per heavy atom. The Morgan fingerprint density at radius 3 is 1.93 bits per heavy atom. The number of nitrogens with zero attached hydrogens (tertiary/aromatic N) is 2. The Hall–Kier alpha value is -2.22. The number of hydrogen-bond acceptors (Lipinski definition) is 4. The maximum absolute atomic E-state index is 13.4. The molecule has 0 saturated carbocycles. The van der Waals surface area contributed by atoms with E-state index in [-0.39, 0.29) is 0 Å². The summed E-state index contributed by atoms with van der Waals surface area (Å²) >= 11 is 0. The molecule has 2 aromatic rings. The Morgan fingerprint density at radius 2 is 1.45 bits per heavy atom. The lowest BCUT2D eigenvalue weighted by molar-refractivity contribution is -0.124. The van der Waals surface area contributed by atoms with Crippen molar-refractivity contribution in [2.24, 2.45) is 5.73 Å². The number of rotatable bonds is 5. The highest BCUT2D eigenvalue weighted by molar-refractivity contribution is 7.89. The zero-order valence-corrected chi connectivity index (χ0v) is 18.3. The highest BCUT2D eigenvalue weighted by atomic mass is 32.2. The summed E-state index contributed by atoms with van der Waals surface area (Å²) in [6, 6.07) is 10.9. The van der Waals surface area contributed by atoms with Crippen LogP contribution in [0, 0.1) is 27.7 Å². The number of aryl methyl sites for hydroxylation is 2. The molecule has 1 unspecified atom stereocenters. The van der Waals surface area contributed by atoms with E-state index in [2.05, 4.69) is 0 Å². The van der Waals surface area contributed by atoms with E-state index in [0.29, 0.717) is 31.1 Å². The number of benzene rings is 2. The average Bonchev–Trinajstić information content (AvgIpc) is 2.67. The summed E-state index contributed by atoms with van der Waals surface area (Å²) in [5.74, 6) is -0.423. The van der Waals surface area contributed by atoms with Crippen molar-refractivity contribution in [1.29, 1.82) is 0 Å². The third-order valence-electron chi connectivity index (χ3n) is 5.92. The van der Waals surface area contributed by atoms with Crippen molar-refractivity contribution in [2.75, 3.05) is 26.2 Å². The maximum Gasteiger partial charge on any atom is 0.243 e. The SMILES string of the molecule is Cc1cc(C)c(C)c(S(=O)(=O)N2CCN(C(C(N)=O)c3ccccc3)CC2)c1C. The van der Waals surface area contributed by atoms with Gasteiger partial charge in [-0.2, -0.15) is 4.31 Å². The van der Waals surface area contributed by atoms with Gasteiger partial charge in [-0.15, -0.1) is 0 Å². The number of sulfonamides is 1. The smallest absolute Gasteiger partial charge is 0.243 e. The van der Waals surface area contributed by atoms with Crippen LogP contribution in [-0.2, 0) is 14.8 Å². The Balaban J connectivity index is 1.85. The highest BCUT2D eigenvalue weighted by Gasteiger charge is 2.35. The summed E-state index contributed by atoms with van der Waals surface area (Å²) < 4.78 is 28.4. The topological polar surface area (TPSA) is 83.7 Å². The standard InChI is InChI=1S/C22H29N3O3S/c1-15-14-16(2)18(4)21(17(15)3)29(27,28)25-12-10-24(11-13-25)20(22(23)26)19-8-6-5-7-9-19/h5-9,14,20H,10-13H2,1-4H3,(H2,23,26). The maximum atomic E-state index is 13.4. The molecule has 29 heavy (non-hydrogen) atoms. The van der Waals surface area contributed by atoms with E-state index in [1.54, 1.807) is 0 Å². The lowest BCUT2D eigenvalue weighted by Crippen LogP contribution is -2.51. The molecule has 2 N–H and O–H groups in total. The third kappa shape index (κ3) is 4.08. The van der Waals surface area contributed by atoms with Gasteiger partial charge in [-0.05, 0) is 55.5 Å². The molecule has 7 heteroatoms. The number of carbonyl (C=O) groups excluding carboxylic acids is 1. The second-order valence-electron chi connectivity index (χ2n) is 7.75. The van der Waals surface area contributed by atoms with Gasteiger partial charge in [0.15, 0.2) is 0 Å². The molecule has 0 aliphatic carbocycles. The minimum atomic E-state index is -3.61. The fraction of sp³-hybridized carbons (Fsp3) is 0.409. The van der Waals surface area contributed by atoms with Gasteiger partial charge in [-0.3, -0.25) is 9.69 Å². The van der Waals surface area contributed by atoms with Gasteiger partial charge in [0.25, 0.3) is 0 Å². The van der Waals surface area contributed by atoms with Gasteiger partial charge in [0.05, 0.1) is 4.90 Å². The van der Waals surface area contributed by atoms with Gasteiger partial charge in [0, 0.05) is 26.2 Å². The van der Waals surface area contributed by atoms with E-state index >= 15 is 0 Å². The van der Waals surface area contributed by atoms with Crippen LogP contribution < -0.4 is 5.73 Å². The molecule has 1 heterocycles. The highest BCUT2D eigenvalue weighted by Crippen LogP contribution is 2.30. The van der Waals surface area contributed by atoms with Crippen molar-refractivity contribution >= 4 is 15.9 Å². The molecule has 0 spiro atoms. The summed E-state index contributed by atoms with van der Waals surface area (Å²) in [4.78, 5) is 14.5. The van der Waals surface area contributed by atoms with E-state index in [9.17, 15) is 13.2 Å². The fourth-order valence-electron chi connectivity index (χ4n) is 4.09. The quantitative estimate of drug-likeness (QED) is 0.813. The molecule has 1 amide bonds. The van der Waals surface area contributed by atoms with Crippen molar-refractivity contribution in [2.45, 2.75) is 38.6 Å². The van der Waals surface area contributed by atoms with Crippen molar-refractivity contribution in [1.82, 2.24) is 9.21 Å². The van der Waals surface area contributed by atoms with Crippen molar-refractivity contribution in [3.8, 4) is 0 Å². The Bertz CT molecular complexity index is 985. The third-order valence-corrected chi connectivity index (χ3v) is 8.09. The van der Waals surface area contributed by atoms with Crippen LogP contribution in [0.2, 0.25) is 0 Å². The molecule has 0 bridgehead atoms. The van der Waals surface area contributed by atoms with Crippen LogP contribution in [0.15, 0.2) is 41.3 Å². The predicted molar refractivity (Wildman–Crippen MR) is 114 cm³/mol. The second kappa shape index (κ2) is 8.26. The first-order valence-electron chi connectivity index (χ1n) is 9.80.